The van der Waals surface area contributed by atoms with Crippen molar-refractivity contribution in [2.45, 2.75) is 6.42 Å². The molecule has 3 aromatic heterocycles. The summed E-state index contributed by atoms with van der Waals surface area (Å²) in [7, 11) is 0. The van der Waals surface area contributed by atoms with Gasteiger partial charge in [0, 0.05) is 36.7 Å². The van der Waals surface area contributed by atoms with E-state index in [4.69, 9.17) is 4.74 Å². The first-order chi connectivity index (χ1) is 13.8. The molecule has 0 amide bonds. The van der Waals surface area contributed by atoms with E-state index in [1.165, 1.54) is 12.4 Å². The average molecular weight is 413 g/mol. The molecule has 8 heteroatoms. The van der Waals surface area contributed by atoms with E-state index in [0.29, 0.717) is 17.7 Å². The van der Waals surface area contributed by atoms with Crippen molar-refractivity contribution < 1.29 is 9.13 Å². The van der Waals surface area contributed by atoms with Crippen LogP contribution in [0.4, 0.5) is 9.39 Å². The lowest BCUT2D eigenvalue weighted by Crippen LogP contribution is -2.35. The molecule has 4 aromatic rings. The average Bonchev–Trinajstić information content (AvgIpc) is 3.39. The van der Waals surface area contributed by atoms with Gasteiger partial charge in [0.05, 0.1) is 39.1 Å². The van der Waals surface area contributed by atoms with E-state index in [2.05, 4.69) is 25.9 Å². The minimum absolute atomic E-state index is 0.274. The van der Waals surface area contributed by atoms with Gasteiger partial charge in [-0.15, -0.1) is 22.7 Å². The van der Waals surface area contributed by atoms with Gasteiger partial charge in [0.1, 0.15) is 12.1 Å². The van der Waals surface area contributed by atoms with Crippen molar-refractivity contribution in [3.8, 4) is 11.3 Å². The monoisotopic (exact) mass is 412 g/mol. The van der Waals surface area contributed by atoms with E-state index in [0.717, 1.165) is 52.1 Å². The van der Waals surface area contributed by atoms with Crippen LogP contribution in [0, 0.1) is 5.82 Å². The molecule has 4 heterocycles. The van der Waals surface area contributed by atoms with E-state index < -0.39 is 0 Å². The van der Waals surface area contributed by atoms with Crippen LogP contribution in [0.25, 0.3) is 21.5 Å². The summed E-state index contributed by atoms with van der Waals surface area (Å²) in [5.41, 5.74) is 3.02. The first-order valence-electron chi connectivity index (χ1n) is 9.02. The molecular formula is C20H17FN4OS2. The predicted octanol–water partition coefficient (Wildman–Crippen LogP) is 4.38. The van der Waals surface area contributed by atoms with Crippen LogP contribution in [-0.4, -0.2) is 41.3 Å². The number of thiazole rings is 1. The molecule has 1 fully saturated rings. The second-order valence-corrected chi connectivity index (χ2v) is 8.55. The number of morpholine rings is 1. The maximum Gasteiger partial charge on any atom is 0.132 e. The van der Waals surface area contributed by atoms with Gasteiger partial charge in [-0.2, -0.15) is 0 Å². The molecule has 142 valence electrons. The largest absolute Gasteiger partial charge is 0.378 e. The van der Waals surface area contributed by atoms with Gasteiger partial charge in [0.25, 0.3) is 0 Å². The van der Waals surface area contributed by atoms with Gasteiger partial charge >= 0.3 is 0 Å². The summed E-state index contributed by atoms with van der Waals surface area (Å²) in [4.78, 5) is 15.5. The Morgan fingerprint density at radius 2 is 2.00 bits per heavy atom. The number of rotatable bonds is 4. The molecule has 0 bridgehead atoms. The highest BCUT2D eigenvalue weighted by molar-refractivity contribution is 7.23. The number of thiophene rings is 1. The number of benzene rings is 1. The first-order valence-corrected chi connectivity index (χ1v) is 10.7. The fraction of sp³-hybridized carbons (Fsp3) is 0.250. The third-order valence-corrected chi connectivity index (χ3v) is 6.72. The zero-order valence-electron chi connectivity index (χ0n) is 15.0. The van der Waals surface area contributed by atoms with Crippen LogP contribution in [0.5, 0.6) is 0 Å². The Hall–Kier alpha value is -2.42. The van der Waals surface area contributed by atoms with E-state index >= 15 is 0 Å². The number of hydrogen-bond donors (Lipinski definition) is 0. The number of fused-ring (bicyclic) bond motifs is 1. The van der Waals surface area contributed by atoms with E-state index in [9.17, 15) is 4.39 Å². The molecule has 0 unspecified atom stereocenters. The molecule has 0 atom stereocenters. The zero-order chi connectivity index (χ0) is 18.9. The number of aromatic nitrogens is 3. The number of hydrogen-bond acceptors (Lipinski definition) is 7. The fourth-order valence-electron chi connectivity index (χ4n) is 3.35. The van der Waals surface area contributed by atoms with Crippen LogP contribution >= 0.6 is 22.7 Å². The normalized spacial score (nSPS) is 14.7. The van der Waals surface area contributed by atoms with Gasteiger partial charge in [0.15, 0.2) is 0 Å². The molecule has 28 heavy (non-hydrogen) atoms. The molecule has 5 nitrogen and oxygen atoms in total. The zero-order valence-corrected chi connectivity index (χ0v) is 16.6. The molecular weight excluding hydrogens is 395 g/mol. The van der Waals surface area contributed by atoms with Crippen LogP contribution in [0.1, 0.15) is 10.6 Å². The first kappa shape index (κ1) is 17.7. The molecule has 0 radical (unpaired) electrons. The van der Waals surface area contributed by atoms with Crippen LogP contribution in [0.15, 0.2) is 42.2 Å². The molecule has 0 N–H and O–H groups in total. The molecule has 0 saturated carbocycles. The smallest absolute Gasteiger partial charge is 0.132 e. The van der Waals surface area contributed by atoms with Crippen molar-refractivity contribution in [2.75, 3.05) is 31.2 Å². The summed E-state index contributed by atoms with van der Waals surface area (Å²) in [6.07, 6.45) is 3.99. The van der Waals surface area contributed by atoms with Gasteiger partial charge in [-0.1, -0.05) is 6.07 Å². The fourth-order valence-corrected chi connectivity index (χ4v) is 5.17. The predicted molar refractivity (Wildman–Crippen MR) is 111 cm³/mol. The van der Waals surface area contributed by atoms with Crippen LogP contribution in [0.3, 0.4) is 0 Å². The number of halogens is 1. The third kappa shape index (κ3) is 3.39. The molecule has 0 spiro atoms. The van der Waals surface area contributed by atoms with Crippen molar-refractivity contribution in [1.82, 2.24) is 15.0 Å². The highest BCUT2D eigenvalue weighted by Gasteiger charge is 2.18. The molecule has 1 aliphatic rings. The number of ether oxygens (including phenoxy) is 1. The van der Waals surface area contributed by atoms with Crippen molar-refractivity contribution in [3.05, 3.63) is 58.6 Å². The minimum atomic E-state index is -0.274. The van der Waals surface area contributed by atoms with E-state index in [-0.39, 0.29) is 5.82 Å². The Balaban J connectivity index is 1.55. The van der Waals surface area contributed by atoms with Crippen molar-refractivity contribution in [3.63, 3.8) is 0 Å². The minimum Gasteiger partial charge on any atom is -0.378 e. The second-order valence-electron chi connectivity index (χ2n) is 6.54. The summed E-state index contributed by atoms with van der Waals surface area (Å²) >= 11 is 3.21. The van der Waals surface area contributed by atoms with Crippen LogP contribution < -0.4 is 4.90 Å². The number of nitrogens with zero attached hydrogens (tertiary/aromatic N) is 4. The van der Waals surface area contributed by atoms with Crippen molar-refractivity contribution >= 4 is 37.9 Å². The molecule has 1 saturated heterocycles. The summed E-state index contributed by atoms with van der Waals surface area (Å²) in [5, 5.41) is 4.09. The Bertz CT molecular complexity index is 1110. The maximum atomic E-state index is 14.7. The number of anilines is 1. The van der Waals surface area contributed by atoms with Gasteiger partial charge < -0.3 is 9.64 Å². The van der Waals surface area contributed by atoms with Gasteiger partial charge in [-0.3, -0.25) is 0 Å². The summed E-state index contributed by atoms with van der Waals surface area (Å²) in [6, 6.07) is 7.27. The lowest BCUT2D eigenvalue weighted by molar-refractivity contribution is 0.123. The van der Waals surface area contributed by atoms with E-state index in [1.807, 2.05) is 17.5 Å². The van der Waals surface area contributed by atoms with Gasteiger partial charge in [-0.25, -0.2) is 19.3 Å². The van der Waals surface area contributed by atoms with Crippen LogP contribution in [0.2, 0.25) is 0 Å². The lowest BCUT2D eigenvalue weighted by atomic mass is 10.0. The van der Waals surface area contributed by atoms with Gasteiger partial charge in [0.2, 0.25) is 0 Å². The third-order valence-electron chi connectivity index (χ3n) is 4.75. The van der Waals surface area contributed by atoms with Crippen molar-refractivity contribution in [2.24, 2.45) is 0 Å². The molecule has 1 aliphatic heterocycles. The Morgan fingerprint density at radius 3 is 2.82 bits per heavy atom. The molecule has 1 aromatic carbocycles. The Labute approximate surface area is 169 Å². The van der Waals surface area contributed by atoms with Crippen molar-refractivity contribution in [1.29, 1.82) is 0 Å². The Morgan fingerprint density at radius 1 is 1.11 bits per heavy atom. The summed E-state index contributed by atoms with van der Waals surface area (Å²) in [6.45, 7) is 3.15. The summed E-state index contributed by atoms with van der Waals surface area (Å²) < 4.78 is 21.1. The molecule has 5 rings (SSSR count). The lowest BCUT2D eigenvalue weighted by Gasteiger charge is -2.27. The highest BCUT2D eigenvalue weighted by Crippen LogP contribution is 2.38. The highest BCUT2D eigenvalue weighted by atomic mass is 32.1. The standard InChI is InChI=1S/C20H17FN4OS2/c21-15-2-1-13(10-17-22-3-8-27-17)9-14(15)19-20-16(23-12-24-19)11-18(28-20)25-4-6-26-7-5-25/h1-3,8-9,11-12H,4-7,10H2. The topological polar surface area (TPSA) is 51.1 Å². The van der Waals surface area contributed by atoms with E-state index in [1.54, 1.807) is 28.9 Å². The SMILES string of the molecule is Fc1ccc(Cc2nccs2)cc1-c1ncnc2cc(N3CCOCC3)sc12. The molecule has 0 aliphatic carbocycles. The quantitative estimate of drug-likeness (QED) is 0.498. The second kappa shape index (κ2) is 7.54. The Kier molecular flexibility index (Phi) is 4.76. The van der Waals surface area contributed by atoms with Crippen LogP contribution in [-0.2, 0) is 11.2 Å². The summed E-state index contributed by atoms with van der Waals surface area (Å²) in [5.74, 6) is -0.274. The van der Waals surface area contributed by atoms with Gasteiger partial charge in [-0.05, 0) is 23.8 Å². The maximum absolute atomic E-state index is 14.7.